The molecule has 0 aliphatic heterocycles. The Balaban J connectivity index is 2.60. The molecule has 0 amide bonds. The number of aromatic nitrogens is 1. The van der Waals surface area contributed by atoms with Gasteiger partial charge in [0.05, 0.1) is 4.92 Å². The molecule has 1 atom stereocenters. The Bertz CT molecular complexity index is 324. The highest BCUT2D eigenvalue weighted by Crippen LogP contribution is 2.10. The van der Waals surface area contributed by atoms with Gasteiger partial charge in [-0.1, -0.05) is 13.3 Å². The maximum atomic E-state index is 10.4. The lowest BCUT2D eigenvalue weighted by atomic mass is 10.1. The largest absolute Gasteiger partial charge is 0.327 e. The lowest BCUT2D eigenvalue weighted by Crippen LogP contribution is -2.22. The summed E-state index contributed by atoms with van der Waals surface area (Å²) in [6.45, 7) is 2.07. The van der Waals surface area contributed by atoms with Crippen molar-refractivity contribution in [3.63, 3.8) is 0 Å². The van der Waals surface area contributed by atoms with E-state index in [1.165, 1.54) is 12.3 Å². The molecule has 0 radical (unpaired) electrons. The first kappa shape index (κ1) is 11.6. The molecule has 0 spiro atoms. The van der Waals surface area contributed by atoms with Crippen LogP contribution in [0.15, 0.2) is 18.3 Å². The molecule has 82 valence electrons. The Kier molecular flexibility index (Phi) is 4.17. The van der Waals surface area contributed by atoms with Crippen molar-refractivity contribution in [2.24, 2.45) is 5.73 Å². The summed E-state index contributed by atoms with van der Waals surface area (Å²) >= 11 is 0. The van der Waals surface area contributed by atoms with Crippen molar-refractivity contribution in [2.75, 3.05) is 0 Å². The second-order valence-corrected chi connectivity index (χ2v) is 3.52. The van der Waals surface area contributed by atoms with Crippen LogP contribution in [0.4, 0.5) is 5.69 Å². The van der Waals surface area contributed by atoms with Crippen LogP contribution in [0.2, 0.25) is 0 Å². The van der Waals surface area contributed by atoms with Crippen LogP contribution in [-0.4, -0.2) is 15.9 Å². The number of hydrogen-bond donors (Lipinski definition) is 1. The first-order chi connectivity index (χ1) is 7.13. The van der Waals surface area contributed by atoms with E-state index in [1.807, 2.05) is 0 Å². The van der Waals surface area contributed by atoms with Gasteiger partial charge < -0.3 is 5.73 Å². The van der Waals surface area contributed by atoms with Crippen molar-refractivity contribution in [1.29, 1.82) is 0 Å². The number of nitrogens with zero attached hydrogens (tertiary/aromatic N) is 2. The third kappa shape index (κ3) is 3.63. The van der Waals surface area contributed by atoms with E-state index in [0.717, 1.165) is 18.5 Å². The van der Waals surface area contributed by atoms with Crippen LogP contribution in [0.1, 0.15) is 25.5 Å². The lowest BCUT2D eigenvalue weighted by molar-refractivity contribution is -0.385. The average molecular weight is 209 g/mol. The molecule has 1 rings (SSSR count). The third-order valence-electron chi connectivity index (χ3n) is 2.15. The van der Waals surface area contributed by atoms with Crippen molar-refractivity contribution in [1.82, 2.24) is 4.98 Å². The van der Waals surface area contributed by atoms with Crippen LogP contribution in [0, 0.1) is 10.1 Å². The molecule has 0 aliphatic carbocycles. The molecule has 15 heavy (non-hydrogen) atoms. The highest BCUT2D eigenvalue weighted by molar-refractivity contribution is 5.26. The first-order valence-electron chi connectivity index (χ1n) is 4.98. The minimum atomic E-state index is -0.456. The number of hydrogen-bond acceptors (Lipinski definition) is 4. The van der Waals surface area contributed by atoms with E-state index >= 15 is 0 Å². The third-order valence-corrected chi connectivity index (χ3v) is 2.15. The number of nitrogens with two attached hydrogens (primary N) is 1. The molecule has 1 aromatic heterocycles. The molecule has 0 fully saturated rings. The number of pyridine rings is 1. The van der Waals surface area contributed by atoms with Gasteiger partial charge in [-0.15, -0.1) is 0 Å². The zero-order chi connectivity index (χ0) is 11.3. The van der Waals surface area contributed by atoms with E-state index in [0.29, 0.717) is 6.42 Å². The zero-order valence-corrected chi connectivity index (χ0v) is 8.72. The summed E-state index contributed by atoms with van der Waals surface area (Å²) in [5.74, 6) is 0. The smallest absolute Gasteiger partial charge is 0.287 e. The van der Waals surface area contributed by atoms with Crippen molar-refractivity contribution in [3.8, 4) is 0 Å². The van der Waals surface area contributed by atoms with E-state index < -0.39 is 4.92 Å². The highest BCUT2D eigenvalue weighted by Gasteiger charge is 2.07. The van der Waals surface area contributed by atoms with Gasteiger partial charge in [-0.05, 0) is 12.5 Å². The van der Waals surface area contributed by atoms with Gasteiger partial charge >= 0.3 is 0 Å². The molecule has 0 aromatic carbocycles. The maximum absolute atomic E-state index is 10.4. The van der Waals surface area contributed by atoms with E-state index in [4.69, 9.17) is 5.73 Å². The predicted molar refractivity (Wildman–Crippen MR) is 57.5 cm³/mol. The summed E-state index contributed by atoms with van der Waals surface area (Å²) in [6, 6.07) is 3.21. The molecule has 1 unspecified atom stereocenters. The van der Waals surface area contributed by atoms with Crippen molar-refractivity contribution >= 4 is 5.69 Å². The summed E-state index contributed by atoms with van der Waals surface area (Å²) in [6.07, 6.45) is 3.92. The normalized spacial score (nSPS) is 12.4. The van der Waals surface area contributed by atoms with Crippen LogP contribution in [-0.2, 0) is 6.42 Å². The standard InChI is InChI=1S/C10H15N3O2/c1-2-3-8(11)6-9-4-5-10(7-12-9)13(14)15/h4-5,7-8H,2-3,6,11H2,1H3. The summed E-state index contributed by atoms with van der Waals surface area (Å²) in [7, 11) is 0. The SMILES string of the molecule is CCCC(N)Cc1ccc([N+](=O)[O-])cn1. The molecular weight excluding hydrogens is 194 g/mol. The molecule has 1 aromatic rings. The minimum Gasteiger partial charge on any atom is -0.327 e. The van der Waals surface area contributed by atoms with E-state index in [-0.39, 0.29) is 11.7 Å². The fourth-order valence-electron chi connectivity index (χ4n) is 1.39. The number of rotatable bonds is 5. The Morgan fingerprint density at radius 3 is 2.80 bits per heavy atom. The summed E-state index contributed by atoms with van der Waals surface area (Å²) in [5.41, 5.74) is 6.66. The van der Waals surface area contributed by atoms with Crippen LogP contribution in [0.5, 0.6) is 0 Å². The quantitative estimate of drug-likeness (QED) is 0.590. The van der Waals surface area contributed by atoms with Gasteiger partial charge in [-0.25, -0.2) is 0 Å². The summed E-state index contributed by atoms with van der Waals surface area (Å²) in [4.78, 5) is 13.9. The molecular formula is C10H15N3O2. The summed E-state index contributed by atoms with van der Waals surface area (Å²) < 4.78 is 0. The van der Waals surface area contributed by atoms with Crippen molar-refractivity contribution in [3.05, 3.63) is 34.1 Å². The highest BCUT2D eigenvalue weighted by atomic mass is 16.6. The Morgan fingerprint density at radius 2 is 2.33 bits per heavy atom. The molecule has 0 bridgehead atoms. The topological polar surface area (TPSA) is 82.0 Å². The Hall–Kier alpha value is -1.49. The van der Waals surface area contributed by atoms with Gasteiger partial charge in [0.15, 0.2) is 0 Å². The second-order valence-electron chi connectivity index (χ2n) is 3.52. The molecule has 0 aliphatic rings. The number of nitro groups is 1. The van der Waals surface area contributed by atoms with Gasteiger partial charge in [0, 0.05) is 24.2 Å². The Labute approximate surface area is 88.5 Å². The predicted octanol–water partition coefficient (Wildman–Crippen LogP) is 1.66. The van der Waals surface area contributed by atoms with E-state index in [1.54, 1.807) is 6.07 Å². The fraction of sp³-hybridized carbons (Fsp3) is 0.500. The second kappa shape index (κ2) is 5.41. The lowest BCUT2D eigenvalue weighted by Gasteiger charge is -2.08. The van der Waals surface area contributed by atoms with Gasteiger partial charge in [-0.3, -0.25) is 15.1 Å². The van der Waals surface area contributed by atoms with Gasteiger partial charge in [0.25, 0.3) is 5.69 Å². The van der Waals surface area contributed by atoms with Crippen LogP contribution < -0.4 is 5.73 Å². The van der Waals surface area contributed by atoms with Crippen LogP contribution in [0.25, 0.3) is 0 Å². The molecule has 5 nitrogen and oxygen atoms in total. The minimum absolute atomic E-state index is 0.0165. The fourth-order valence-corrected chi connectivity index (χ4v) is 1.39. The van der Waals surface area contributed by atoms with E-state index in [9.17, 15) is 10.1 Å². The molecule has 0 saturated carbocycles. The molecule has 5 heteroatoms. The molecule has 1 heterocycles. The van der Waals surface area contributed by atoms with Crippen LogP contribution in [0.3, 0.4) is 0 Å². The molecule has 0 saturated heterocycles. The maximum Gasteiger partial charge on any atom is 0.287 e. The molecule has 2 N–H and O–H groups in total. The average Bonchev–Trinajstić information content (AvgIpc) is 2.18. The van der Waals surface area contributed by atoms with Gasteiger partial charge in [0.1, 0.15) is 6.20 Å². The summed E-state index contributed by atoms with van der Waals surface area (Å²) in [5, 5.41) is 10.4. The zero-order valence-electron chi connectivity index (χ0n) is 8.72. The first-order valence-corrected chi connectivity index (χ1v) is 4.98. The van der Waals surface area contributed by atoms with Gasteiger partial charge in [-0.2, -0.15) is 0 Å². The van der Waals surface area contributed by atoms with Gasteiger partial charge in [0.2, 0.25) is 0 Å². The Morgan fingerprint density at radius 1 is 1.60 bits per heavy atom. The van der Waals surface area contributed by atoms with Crippen LogP contribution >= 0.6 is 0 Å². The van der Waals surface area contributed by atoms with E-state index in [2.05, 4.69) is 11.9 Å². The van der Waals surface area contributed by atoms with Crippen molar-refractivity contribution in [2.45, 2.75) is 32.2 Å². The monoisotopic (exact) mass is 209 g/mol. The van der Waals surface area contributed by atoms with Crippen molar-refractivity contribution < 1.29 is 4.92 Å².